The number of ketones is 1. The predicted octanol–water partition coefficient (Wildman–Crippen LogP) is 3.86. The van der Waals surface area contributed by atoms with Crippen LogP contribution in [0.1, 0.15) is 32.6 Å². The first-order chi connectivity index (χ1) is 9.67. The first-order valence-corrected chi connectivity index (χ1v) is 8.26. The van der Waals surface area contributed by atoms with Crippen molar-refractivity contribution in [3.63, 3.8) is 0 Å². The highest BCUT2D eigenvalue weighted by Crippen LogP contribution is 2.36. The number of Topliss-reactive ketones (excluding diaryl/α,β-unsaturated/α-hetero) is 1. The van der Waals surface area contributed by atoms with E-state index in [1.54, 1.807) is 14.2 Å². The lowest BCUT2D eigenvalue weighted by Crippen LogP contribution is -2.14. The SMILES string of the molecule is COP(CC(=O)C(C)CC#CC1=CC=CCCC1)OC. The first-order valence-electron chi connectivity index (χ1n) is 6.90. The minimum absolute atomic E-state index is 0.0697. The van der Waals surface area contributed by atoms with Gasteiger partial charge in [-0.2, -0.15) is 0 Å². The van der Waals surface area contributed by atoms with Gasteiger partial charge in [0, 0.05) is 32.1 Å². The summed E-state index contributed by atoms with van der Waals surface area (Å²) in [5.74, 6) is 6.39. The molecular weight excluding hydrogens is 271 g/mol. The van der Waals surface area contributed by atoms with Crippen LogP contribution in [0.4, 0.5) is 0 Å². The molecule has 4 heteroatoms. The zero-order valence-corrected chi connectivity index (χ0v) is 13.4. The summed E-state index contributed by atoms with van der Waals surface area (Å²) in [6.07, 6.45) is 10.5. The van der Waals surface area contributed by atoms with Gasteiger partial charge in [0.15, 0.2) is 8.38 Å². The van der Waals surface area contributed by atoms with E-state index in [0.29, 0.717) is 12.6 Å². The molecule has 20 heavy (non-hydrogen) atoms. The van der Waals surface area contributed by atoms with Crippen molar-refractivity contribution >= 4 is 14.2 Å². The van der Waals surface area contributed by atoms with Gasteiger partial charge in [0.2, 0.25) is 0 Å². The lowest BCUT2D eigenvalue weighted by Gasteiger charge is -2.13. The molecule has 1 aliphatic rings. The second kappa shape index (κ2) is 9.88. The zero-order chi connectivity index (χ0) is 14.8. The molecule has 0 heterocycles. The van der Waals surface area contributed by atoms with Gasteiger partial charge in [-0.1, -0.05) is 37.0 Å². The Labute approximate surface area is 123 Å². The fourth-order valence-corrected chi connectivity index (χ4v) is 2.77. The maximum absolute atomic E-state index is 12.0. The third-order valence-electron chi connectivity index (χ3n) is 3.15. The molecule has 1 rings (SSSR count). The Bertz CT molecular complexity index is 425. The molecule has 0 bridgehead atoms. The van der Waals surface area contributed by atoms with Crippen molar-refractivity contribution < 1.29 is 13.8 Å². The maximum Gasteiger partial charge on any atom is 0.177 e. The van der Waals surface area contributed by atoms with E-state index in [4.69, 9.17) is 9.05 Å². The van der Waals surface area contributed by atoms with E-state index < -0.39 is 8.38 Å². The molecule has 0 N–H and O–H groups in total. The van der Waals surface area contributed by atoms with Crippen LogP contribution < -0.4 is 0 Å². The van der Waals surface area contributed by atoms with E-state index in [0.717, 1.165) is 24.8 Å². The second-order valence-electron chi connectivity index (χ2n) is 4.74. The van der Waals surface area contributed by atoms with Crippen LogP contribution >= 0.6 is 8.38 Å². The molecule has 0 aromatic heterocycles. The maximum atomic E-state index is 12.0. The minimum Gasteiger partial charge on any atom is -0.337 e. The molecule has 0 spiro atoms. The Hall–Kier alpha value is -0.940. The summed E-state index contributed by atoms with van der Waals surface area (Å²) < 4.78 is 10.2. The van der Waals surface area contributed by atoms with Crippen LogP contribution in [0.3, 0.4) is 0 Å². The predicted molar refractivity (Wildman–Crippen MR) is 83.4 cm³/mol. The number of hydrogen-bond donors (Lipinski definition) is 0. The molecule has 3 nitrogen and oxygen atoms in total. The van der Waals surface area contributed by atoms with Gasteiger partial charge in [-0.25, -0.2) is 0 Å². The van der Waals surface area contributed by atoms with Gasteiger partial charge in [0.05, 0.1) is 6.16 Å². The molecule has 0 fully saturated rings. The van der Waals surface area contributed by atoms with Crippen molar-refractivity contribution in [1.82, 2.24) is 0 Å². The number of hydrogen-bond acceptors (Lipinski definition) is 3. The minimum atomic E-state index is -1.08. The van der Waals surface area contributed by atoms with Gasteiger partial charge in [-0.3, -0.25) is 4.79 Å². The molecule has 0 radical (unpaired) electrons. The van der Waals surface area contributed by atoms with E-state index >= 15 is 0 Å². The van der Waals surface area contributed by atoms with Crippen LogP contribution in [0.15, 0.2) is 23.8 Å². The van der Waals surface area contributed by atoms with Crippen LogP contribution in [0.25, 0.3) is 0 Å². The highest BCUT2D eigenvalue weighted by molar-refractivity contribution is 7.48. The summed E-state index contributed by atoms with van der Waals surface area (Å²) in [6.45, 7) is 1.91. The lowest BCUT2D eigenvalue weighted by molar-refractivity contribution is -0.119. The number of carbonyl (C=O) groups is 1. The van der Waals surface area contributed by atoms with Crippen molar-refractivity contribution in [1.29, 1.82) is 0 Å². The summed E-state index contributed by atoms with van der Waals surface area (Å²) in [5, 5.41) is 0. The molecular formula is C16H23O3P. The van der Waals surface area contributed by atoms with Gasteiger partial charge in [-0.15, -0.1) is 0 Å². The monoisotopic (exact) mass is 294 g/mol. The standard InChI is InChI=1S/C16H23O3P/c1-14(16(17)13-20(18-2)19-3)9-8-12-15-10-6-4-5-7-11-15/h4,6,10,14H,5,7,9,11,13H2,1-3H3. The van der Waals surface area contributed by atoms with E-state index in [2.05, 4.69) is 30.1 Å². The highest BCUT2D eigenvalue weighted by Gasteiger charge is 2.18. The van der Waals surface area contributed by atoms with Gasteiger partial charge >= 0.3 is 0 Å². The molecule has 0 aromatic rings. The van der Waals surface area contributed by atoms with Crippen LogP contribution in [0, 0.1) is 17.8 Å². The normalized spacial score (nSPS) is 16.1. The molecule has 1 unspecified atom stereocenters. The van der Waals surface area contributed by atoms with E-state index in [1.165, 1.54) is 0 Å². The molecule has 0 aromatic carbocycles. The molecule has 1 aliphatic carbocycles. The van der Waals surface area contributed by atoms with Gasteiger partial charge in [-0.05, 0) is 19.3 Å². The number of carbonyl (C=O) groups excluding carboxylic acids is 1. The van der Waals surface area contributed by atoms with Crippen LogP contribution in [0.2, 0.25) is 0 Å². The summed E-state index contributed by atoms with van der Waals surface area (Å²) in [7, 11) is 2.06. The van der Waals surface area contributed by atoms with Crippen molar-refractivity contribution in [2.24, 2.45) is 5.92 Å². The third-order valence-corrected chi connectivity index (χ3v) is 4.53. The first kappa shape index (κ1) is 17.1. The molecule has 0 aliphatic heterocycles. The molecule has 1 atom stereocenters. The third kappa shape index (κ3) is 6.48. The quantitative estimate of drug-likeness (QED) is 0.551. The van der Waals surface area contributed by atoms with E-state index in [-0.39, 0.29) is 11.7 Å². The van der Waals surface area contributed by atoms with Crippen molar-refractivity contribution in [3.05, 3.63) is 23.8 Å². The van der Waals surface area contributed by atoms with Crippen LogP contribution in [-0.4, -0.2) is 26.2 Å². The summed E-state index contributed by atoms with van der Waals surface area (Å²) in [4.78, 5) is 12.0. The van der Waals surface area contributed by atoms with Gasteiger partial charge in [0.1, 0.15) is 5.78 Å². The smallest absolute Gasteiger partial charge is 0.177 e. The van der Waals surface area contributed by atoms with E-state index in [9.17, 15) is 4.79 Å². The molecule has 110 valence electrons. The van der Waals surface area contributed by atoms with Crippen LogP contribution in [0.5, 0.6) is 0 Å². The summed E-state index contributed by atoms with van der Waals surface area (Å²) >= 11 is 0. The van der Waals surface area contributed by atoms with Crippen molar-refractivity contribution in [2.45, 2.75) is 32.6 Å². The molecule has 0 saturated heterocycles. The Morgan fingerprint density at radius 2 is 2.20 bits per heavy atom. The molecule has 0 amide bonds. The fourth-order valence-electron chi connectivity index (χ4n) is 1.80. The Kier molecular flexibility index (Phi) is 8.46. The zero-order valence-electron chi connectivity index (χ0n) is 12.5. The van der Waals surface area contributed by atoms with Gasteiger partial charge in [0.25, 0.3) is 0 Å². The van der Waals surface area contributed by atoms with E-state index in [1.807, 2.05) is 6.92 Å². The Morgan fingerprint density at radius 1 is 1.45 bits per heavy atom. The average Bonchev–Trinajstić information content (AvgIpc) is 2.73. The average molecular weight is 294 g/mol. The number of rotatable bonds is 6. The summed E-state index contributed by atoms with van der Waals surface area (Å²) in [5.41, 5.74) is 1.16. The largest absolute Gasteiger partial charge is 0.337 e. The lowest BCUT2D eigenvalue weighted by atomic mass is 10.0. The van der Waals surface area contributed by atoms with Crippen molar-refractivity contribution in [3.8, 4) is 11.8 Å². The fraction of sp³-hybridized carbons (Fsp3) is 0.562. The second-order valence-corrected chi connectivity index (χ2v) is 6.45. The topological polar surface area (TPSA) is 35.5 Å². The van der Waals surface area contributed by atoms with Crippen molar-refractivity contribution in [2.75, 3.05) is 20.4 Å². The van der Waals surface area contributed by atoms with Crippen LogP contribution in [-0.2, 0) is 13.8 Å². The Balaban J connectivity index is 2.42. The number of allylic oxidation sites excluding steroid dienone is 4. The Morgan fingerprint density at radius 3 is 2.90 bits per heavy atom. The summed E-state index contributed by atoms with van der Waals surface area (Å²) in [6, 6.07) is 0. The highest BCUT2D eigenvalue weighted by atomic mass is 31.2. The molecule has 0 saturated carbocycles. The van der Waals surface area contributed by atoms with Gasteiger partial charge < -0.3 is 9.05 Å².